The molecule has 7 nitrogen and oxygen atoms in total. The minimum absolute atomic E-state index is 0.0985. The zero-order valence-corrected chi connectivity index (χ0v) is 19.3. The summed E-state index contributed by atoms with van der Waals surface area (Å²) in [5.74, 6) is 0.646. The van der Waals surface area contributed by atoms with Gasteiger partial charge in [-0.25, -0.2) is 9.07 Å². The van der Waals surface area contributed by atoms with Crippen molar-refractivity contribution in [2.75, 3.05) is 50.9 Å². The molecule has 0 N–H and O–H groups in total. The molecule has 2 aliphatic rings. The monoisotopic (exact) mass is 469 g/mol. The van der Waals surface area contributed by atoms with Crippen molar-refractivity contribution >= 4 is 18.2 Å². The molecule has 2 saturated heterocycles. The summed E-state index contributed by atoms with van der Waals surface area (Å²) in [5, 5.41) is 4.95. The SMILES string of the molecule is Fc1ccc(C2CN(Cn3nc(N4CCOCC4)n(Cc4ccccc4)c3=S)CCO2)cc1. The van der Waals surface area contributed by atoms with Gasteiger partial charge in [-0.15, -0.1) is 5.10 Å². The normalized spacial score (nSPS) is 19.7. The van der Waals surface area contributed by atoms with Gasteiger partial charge in [0.15, 0.2) is 0 Å². The number of aromatic nitrogens is 3. The number of nitrogens with zero attached hydrogens (tertiary/aromatic N) is 5. The molecule has 1 atom stereocenters. The highest BCUT2D eigenvalue weighted by Gasteiger charge is 2.25. The Bertz CT molecular complexity index is 1110. The fourth-order valence-electron chi connectivity index (χ4n) is 4.32. The molecule has 5 rings (SSSR count). The quantitative estimate of drug-likeness (QED) is 0.516. The van der Waals surface area contributed by atoms with E-state index >= 15 is 0 Å². The third-order valence-corrected chi connectivity index (χ3v) is 6.54. The average molecular weight is 470 g/mol. The Labute approximate surface area is 197 Å². The van der Waals surface area contributed by atoms with E-state index in [0.29, 0.717) is 44.3 Å². The van der Waals surface area contributed by atoms with Gasteiger partial charge in [0.25, 0.3) is 0 Å². The first-order chi connectivity index (χ1) is 16.2. The molecule has 1 unspecified atom stereocenters. The van der Waals surface area contributed by atoms with Gasteiger partial charge in [0.05, 0.1) is 39.1 Å². The van der Waals surface area contributed by atoms with Gasteiger partial charge in [-0.1, -0.05) is 42.5 Å². The molecule has 3 aromatic rings. The van der Waals surface area contributed by atoms with Crippen LogP contribution in [0.2, 0.25) is 0 Å². The van der Waals surface area contributed by atoms with Gasteiger partial charge in [-0.2, -0.15) is 0 Å². The van der Waals surface area contributed by atoms with Crippen molar-refractivity contribution < 1.29 is 13.9 Å². The molecule has 2 aromatic carbocycles. The minimum atomic E-state index is -0.239. The lowest BCUT2D eigenvalue weighted by atomic mass is 10.1. The van der Waals surface area contributed by atoms with Crippen LogP contribution in [-0.4, -0.2) is 65.2 Å². The molecule has 0 aliphatic carbocycles. The number of morpholine rings is 2. The van der Waals surface area contributed by atoms with Gasteiger partial charge in [-0.3, -0.25) is 9.47 Å². The summed E-state index contributed by atoms with van der Waals surface area (Å²) in [5.41, 5.74) is 2.17. The molecule has 2 fully saturated rings. The zero-order valence-electron chi connectivity index (χ0n) is 18.5. The summed E-state index contributed by atoms with van der Waals surface area (Å²) in [6.07, 6.45) is -0.0985. The smallest absolute Gasteiger partial charge is 0.226 e. The maximum atomic E-state index is 13.3. The first-order valence-corrected chi connectivity index (χ1v) is 11.7. The Hall–Kier alpha value is -2.59. The Morgan fingerprint density at radius 3 is 2.48 bits per heavy atom. The molecular weight excluding hydrogens is 441 g/mol. The van der Waals surface area contributed by atoms with Crippen molar-refractivity contribution in [3.05, 3.63) is 76.3 Å². The van der Waals surface area contributed by atoms with Gasteiger partial charge in [0.1, 0.15) is 5.82 Å². The van der Waals surface area contributed by atoms with E-state index in [0.717, 1.165) is 31.1 Å². The molecule has 9 heteroatoms. The highest BCUT2D eigenvalue weighted by atomic mass is 32.1. The van der Waals surface area contributed by atoms with Crippen molar-refractivity contribution in [3.8, 4) is 0 Å². The lowest BCUT2D eigenvalue weighted by Crippen LogP contribution is -2.40. The van der Waals surface area contributed by atoms with E-state index in [1.807, 2.05) is 22.9 Å². The number of hydrogen-bond acceptors (Lipinski definition) is 6. The van der Waals surface area contributed by atoms with Crippen LogP contribution in [0.3, 0.4) is 0 Å². The fourth-order valence-corrected chi connectivity index (χ4v) is 4.57. The van der Waals surface area contributed by atoms with E-state index in [9.17, 15) is 4.39 Å². The number of ether oxygens (including phenoxy) is 2. The van der Waals surface area contributed by atoms with Gasteiger partial charge < -0.3 is 14.4 Å². The van der Waals surface area contributed by atoms with Crippen molar-refractivity contribution in [1.29, 1.82) is 0 Å². The Balaban J connectivity index is 1.38. The van der Waals surface area contributed by atoms with Crippen LogP contribution < -0.4 is 4.90 Å². The van der Waals surface area contributed by atoms with E-state index in [1.165, 1.54) is 17.7 Å². The van der Waals surface area contributed by atoms with E-state index in [2.05, 4.69) is 26.5 Å². The van der Waals surface area contributed by atoms with Crippen LogP contribution in [0.15, 0.2) is 54.6 Å². The van der Waals surface area contributed by atoms with E-state index in [-0.39, 0.29) is 11.9 Å². The first kappa shape index (κ1) is 22.2. The number of benzene rings is 2. The number of halogens is 1. The van der Waals surface area contributed by atoms with Crippen molar-refractivity contribution in [1.82, 2.24) is 19.2 Å². The van der Waals surface area contributed by atoms with Gasteiger partial charge in [0.2, 0.25) is 10.7 Å². The van der Waals surface area contributed by atoms with Gasteiger partial charge in [0, 0.05) is 26.2 Å². The van der Waals surface area contributed by atoms with E-state index in [4.69, 9.17) is 26.8 Å². The minimum Gasteiger partial charge on any atom is -0.378 e. The standard InChI is InChI=1S/C24H28FN5O2S/c25-21-8-6-20(7-9-21)22-17-27(10-15-32-22)18-30-24(33)29(16-19-4-2-1-3-5-19)23(26-30)28-11-13-31-14-12-28/h1-9,22H,10-18H2. The van der Waals surface area contributed by atoms with Crippen LogP contribution in [0.25, 0.3) is 0 Å². The third kappa shape index (κ3) is 5.16. The molecule has 33 heavy (non-hydrogen) atoms. The largest absolute Gasteiger partial charge is 0.378 e. The Morgan fingerprint density at radius 2 is 1.73 bits per heavy atom. The first-order valence-electron chi connectivity index (χ1n) is 11.3. The molecule has 0 saturated carbocycles. The molecule has 0 spiro atoms. The van der Waals surface area contributed by atoms with Gasteiger partial charge in [-0.05, 0) is 35.5 Å². The molecule has 0 radical (unpaired) electrons. The lowest BCUT2D eigenvalue weighted by molar-refractivity contribution is -0.0419. The zero-order chi connectivity index (χ0) is 22.6. The predicted octanol–water partition coefficient (Wildman–Crippen LogP) is 3.47. The summed E-state index contributed by atoms with van der Waals surface area (Å²) < 4.78 is 29.6. The van der Waals surface area contributed by atoms with Crippen LogP contribution >= 0.6 is 12.2 Å². The van der Waals surface area contributed by atoms with Gasteiger partial charge >= 0.3 is 0 Å². The molecule has 2 aliphatic heterocycles. The number of rotatable bonds is 6. The Kier molecular flexibility index (Phi) is 6.82. The highest BCUT2D eigenvalue weighted by molar-refractivity contribution is 7.71. The van der Waals surface area contributed by atoms with Crippen LogP contribution in [0.1, 0.15) is 17.2 Å². The molecule has 0 bridgehead atoms. The second-order valence-electron chi connectivity index (χ2n) is 8.38. The average Bonchev–Trinajstić information content (AvgIpc) is 3.16. The van der Waals surface area contributed by atoms with Crippen molar-refractivity contribution in [2.45, 2.75) is 19.3 Å². The Morgan fingerprint density at radius 1 is 0.970 bits per heavy atom. The molecule has 0 amide bonds. The van der Waals surface area contributed by atoms with Crippen molar-refractivity contribution in [3.63, 3.8) is 0 Å². The second kappa shape index (κ2) is 10.1. The summed E-state index contributed by atoms with van der Waals surface area (Å²) in [4.78, 5) is 4.54. The van der Waals surface area contributed by atoms with Crippen LogP contribution in [0.5, 0.6) is 0 Å². The van der Waals surface area contributed by atoms with Crippen LogP contribution in [0.4, 0.5) is 10.3 Å². The molecular formula is C24H28FN5O2S. The maximum Gasteiger partial charge on any atom is 0.226 e. The summed E-state index contributed by atoms with van der Waals surface area (Å²) in [6, 6.07) is 16.9. The molecule has 174 valence electrons. The predicted molar refractivity (Wildman–Crippen MR) is 126 cm³/mol. The highest BCUT2D eigenvalue weighted by Crippen LogP contribution is 2.24. The molecule has 1 aromatic heterocycles. The third-order valence-electron chi connectivity index (χ3n) is 6.11. The molecule has 3 heterocycles. The van der Waals surface area contributed by atoms with E-state index in [1.54, 1.807) is 12.1 Å². The van der Waals surface area contributed by atoms with Crippen LogP contribution in [-0.2, 0) is 22.7 Å². The number of anilines is 1. The summed E-state index contributed by atoms with van der Waals surface area (Å²) >= 11 is 5.89. The topological polar surface area (TPSA) is 47.7 Å². The second-order valence-corrected chi connectivity index (χ2v) is 8.75. The van der Waals surface area contributed by atoms with Crippen LogP contribution in [0, 0.1) is 10.6 Å². The lowest BCUT2D eigenvalue weighted by Gasteiger charge is -2.32. The van der Waals surface area contributed by atoms with E-state index < -0.39 is 0 Å². The summed E-state index contributed by atoms with van der Waals surface area (Å²) in [7, 11) is 0. The maximum absolute atomic E-state index is 13.3. The van der Waals surface area contributed by atoms with Crippen molar-refractivity contribution in [2.24, 2.45) is 0 Å². The number of hydrogen-bond donors (Lipinski definition) is 0. The fraction of sp³-hybridized carbons (Fsp3) is 0.417. The summed E-state index contributed by atoms with van der Waals surface area (Å²) in [6.45, 7) is 6.32.